The number of carbonyl (C=O) groups excluding carboxylic acids is 2. The van der Waals surface area contributed by atoms with E-state index in [4.69, 9.17) is 4.74 Å². The van der Waals surface area contributed by atoms with E-state index in [1.165, 1.54) is 0 Å². The first-order valence-electron chi connectivity index (χ1n) is 8.97. The smallest absolute Gasteiger partial charge is 0.407 e. The van der Waals surface area contributed by atoms with Gasteiger partial charge in [0.25, 0.3) is 0 Å². The second-order valence-electron chi connectivity index (χ2n) is 6.18. The fourth-order valence-electron chi connectivity index (χ4n) is 2.95. The first-order valence-corrected chi connectivity index (χ1v) is 8.97. The number of carbonyl (C=O) groups is 2. The van der Waals surface area contributed by atoms with Gasteiger partial charge in [-0.05, 0) is 24.1 Å². The van der Waals surface area contributed by atoms with Gasteiger partial charge in [-0.15, -0.1) is 0 Å². The monoisotopic (exact) mass is 365 g/mol. The van der Waals surface area contributed by atoms with Crippen LogP contribution in [0, 0.1) is 0 Å². The highest BCUT2D eigenvalue weighted by molar-refractivity contribution is 5.88. The van der Waals surface area contributed by atoms with Gasteiger partial charge in [0.15, 0.2) is 0 Å². The molecule has 1 heterocycles. The Labute approximate surface area is 157 Å². The van der Waals surface area contributed by atoms with Gasteiger partial charge < -0.3 is 20.4 Å². The number of para-hydroxylation sites is 1. The number of ether oxygens (including phenoxy) is 1. The van der Waals surface area contributed by atoms with Crippen LogP contribution in [0.3, 0.4) is 0 Å². The van der Waals surface area contributed by atoms with Crippen LogP contribution in [-0.2, 0) is 22.5 Å². The number of aromatic amines is 1. The summed E-state index contributed by atoms with van der Waals surface area (Å²) >= 11 is 0. The van der Waals surface area contributed by atoms with Crippen LogP contribution in [0.15, 0.2) is 60.8 Å². The maximum Gasteiger partial charge on any atom is 0.407 e. The maximum atomic E-state index is 12.7. The predicted molar refractivity (Wildman–Crippen MR) is 104 cm³/mol. The lowest BCUT2D eigenvalue weighted by molar-refractivity contribution is -0.123. The van der Waals surface area contributed by atoms with E-state index in [0.29, 0.717) is 13.0 Å². The maximum absolute atomic E-state index is 12.7. The predicted octanol–water partition coefficient (Wildman–Crippen LogP) is 3.14. The molecule has 0 fully saturated rings. The van der Waals surface area contributed by atoms with Gasteiger partial charge in [0.2, 0.25) is 5.91 Å². The fraction of sp³-hybridized carbons (Fsp3) is 0.238. The molecule has 6 heteroatoms. The van der Waals surface area contributed by atoms with Crippen molar-refractivity contribution in [3.05, 3.63) is 71.9 Å². The van der Waals surface area contributed by atoms with Gasteiger partial charge >= 0.3 is 6.09 Å². The third kappa shape index (κ3) is 4.88. The number of fused-ring (bicyclic) bond motifs is 1. The van der Waals surface area contributed by atoms with Crippen LogP contribution in [0.25, 0.3) is 10.9 Å². The molecule has 1 aromatic heterocycles. The Morgan fingerprint density at radius 2 is 1.81 bits per heavy atom. The van der Waals surface area contributed by atoms with Crippen molar-refractivity contribution < 1.29 is 14.3 Å². The van der Waals surface area contributed by atoms with Crippen molar-refractivity contribution >= 4 is 22.9 Å². The molecular formula is C21H23N3O3. The number of amides is 2. The largest absolute Gasteiger partial charge is 0.450 e. The molecule has 2 aromatic carbocycles. The van der Waals surface area contributed by atoms with E-state index in [1.807, 2.05) is 60.8 Å². The summed E-state index contributed by atoms with van der Waals surface area (Å²) in [5, 5.41) is 6.59. The van der Waals surface area contributed by atoms with E-state index in [9.17, 15) is 9.59 Å². The summed E-state index contributed by atoms with van der Waals surface area (Å²) in [4.78, 5) is 27.8. The fourth-order valence-corrected chi connectivity index (χ4v) is 2.95. The minimum absolute atomic E-state index is 0.247. The molecule has 0 radical (unpaired) electrons. The van der Waals surface area contributed by atoms with Crippen molar-refractivity contribution in [2.24, 2.45) is 0 Å². The van der Waals surface area contributed by atoms with Crippen molar-refractivity contribution in [2.45, 2.75) is 25.9 Å². The van der Waals surface area contributed by atoms with Gasteiger partial charge in [-0.25, -0.2) is 4.79 Å². The van der Waals surface area contributed by atoms with E-state index in [0.717, 1.165) is 22.0 Å². The lowest BCUT2D eigenvalue weighted by Gasteiger charge is -2.18. The highest BCUT2D eigenvalue weighted by Gasteiger charge is 2.23. The highest BCUT2D eigenvalue weighted by atomic mass is 16.5. The summed E-state index contributed by atoms with van der Waals surface area (Å²) in [5.41, 5.74) is 2.95. The zero-order valence-corrected chi connectivity index (χ0v) is 15.2. The molecule has 0 aliphatic heterocycles. The molecule has 3 rings (SSSR count). The number of benzene rings is 2. The van der Waals surface area contributed by atoms with Gasteiger partial charge in [0, 0.05) is 30.1 Å². The van der Waals surface area contributed by atoms with Crippen molar-refractivity contribution in [3.8, 4) is 0 Å². The van der Waals surface area contributed by atoms with Gasteiger partial charge in [-0.3, -0.25) is 4.79 Å². The molecule has 0 aliphatic carbocycles. The molecular weight excluding hydrogens is 342 g/mol. The van der Waals surface area contributed by atoms with Crippen LogP contribution in [0.5, 0.6) is 0 Å². The molecule has 27 heavy (non-hydrogen) atoms. The molecule has 0 aliphatic rings. The van der Waals surface area contributed by atoms with Crippen molar-refractivity contribution in [1.82, 2.24) is 15.6 Å². The Balaban J connectivity index is 1.73. The van der Waals surface area contributed by atoms with Crippen LogP contribution in [0.1, 0.15) is 18.1 Å². The zero-order chi connectivity index (χ0) is 19.1. The van der Waals surface area contributed by atoms with Crippen LogP contribution >= 0.6 is 0 Å². The Bertz CT molecular complexity index is 905. The summed E-state index contributed by atoms with van der Waals surface area (Å²) in [7, 11) is 0. The molecule has 3 N–H and O–H groups in total. The Morgan fingerprint density at radius 3 is 2.59 bits per heavy atom. The topological polar surface area (TPSA) is 83.2 Å². The zero-order valence-electron chi connectivity index (χ0n) is 15.2. The van der Waals surface area contributed by atoms with Crippen LogP contribution in [0.4, 0.5) is 4.79 Å². The molecule has 3 aromatic rings. The highest BCUT2D eigenvalue weighted by Crippen LogP contribution is 2.19. The lowest BCUT2D eigenvalue weighted by Crippen LogP contribution is -2.48. The first-order chi connectivity index (χ1) is 13.2. The summed E-state index contributed by atoms with van der Waals surface area (Å²) in [6, 6.07) is 16.8. The van der Waals surface area contributed by atoms with Gasteiger partial charge in [0.05, 0.1) is 6.61 Å². The molecule has 0 unspecified atom stereocenters. The third-order valence-corrected chi connectivity index (χ3v) is 4.29. The third-order valence-electron chi connectivity index (χ3n) is 4.29. The summed E-state index contributed by atoms with van der Waals surface area (Å²) in [5.74, 6) is -0.253. The molecule has 1 atom stereocenters. The average molecular weight is 365 g/mol. The SMILES string of the molecule is CCOC(=O)N[C@H](Cc1c[nH]c2ccccc12)C(=O)NCc1ccccc1. The molecule has 140 valence electrons. The van der Waals surface area contributed by atoms with E-state index in [2.05, 4.69) is 15.6 Å². The minimum atomic E-state index is -0.730. The van der Waals surface area contributed by atoms with E-state index in [-0.39, 0.29) is 12.5 Å². The Kier molecular flexibility index (Phi) is 6.10. The molecule has 0 saturated carbocycles. The van der Waals surface area contributed by atoms with Crippen molar-refractivity contribution in [3.63, 3.8) is 0 Å². The van der Waals surface area contributed by atoms with Crippen LogP contribution in [-0.4, -0.2) is 29.6 Å². The van der Waals surface area contributed by atoms with E-state index in [1.54, 1.807) is 6.92 Å². The quantitative estimate of drug-likeness (QED) is 0.601. The van der Waals surface area contributed by atoms with Crippen molar-refractivity contribution in [2.75, 3.05) is 6.61 Å². The Hall–Kier alpha value is -3.28. The normalized spacial score (nSPS) is 11.7. The van der Waals surface area contributed by atoms with E-state index >= 15 is 0 Å². The summed E-state index contributed by atoms with van der Waals surface area (Å²) in [6.45, 7) is 2.37. The number of aromatic nitrogens is 1. The number of hydrogen-bond acceptors (Lipinski definition) is 3. The van der Waals surface area contributed by atoms with Crippen LogP contribution in [0.2, 0.25) is 0 Å². The van der Waals surface area contributed by atoms with Crippen LogP contribution < -0.4 is 10.6 Å². The molecule has 0 spiro atoms. The Morgan fingerprint density at radius 1 is 1.07 bits per heavy atom. The number of H-pyrrole nitrogens is 1. The standard InChI is InChI=1S/C21H23N3O3/c1-2-27-21(26)24-19(20(25)23-13-15-8-4-3-5-9-15)12-16-14-22-18-11-7-6-10-17(16)18/h3-11,14,19,22H,2,12-13H2,1H3,(H,23,25)(H,24,26)/t19-/m1/s1. The van der Waals surface area contributed by atoms with Gasteiger partial charge in [-0.1, -0.05) is 48.5 Å². The average Bonchev–Trinajstić information content (AvgIpc) is 3.09. The van der Waals surface area contributed by atoms with Gasteiger partial charge in [0.1, 0.15) is 6.04 Å². The number of alkyl carbamates (subject to hydrolysis) is 1. The summed E-state index contributed by atoms with van der Waals surface area (Å²) in [6.07, 6.45) is 1.63. The van der Waals surface area contributed by atoms with Gasteiger partial charge in [-0.2, -0.15) is 0 Å². The second-order valence-corrected chi connectivity index (χ2v) is 6.18. The number of hydrogen-bond donors (Lipinski definition) is 3. The first kappa shape index (κ1) is 18.5. The minimum Gasteiger partial charge on any atom is -0.450 e. The number of rotatable bonds is 7. The molecule has 0 bridgehead atoms. The molecule has 0 saturated heterocycles. The molecule has 6 nitrogen and oxygen atoms in total. The van der Waals surface area contributed by atoms with Crippen molar-refractivity contribution in [1.29, 1.82) is 0 Å². The molecule has 2 amide bonds. The summed E-state index contributed by atoms with van der Waals surface area (Å²) < 4.78 is 4.95. The van der Waals surface area contributed by atoms with E-state index < -0.39 is 12.1 Å². The number of nitrogens with one attached hydrogen (secondary N) is 3. The second kappa shape index (κ2) is 8.89. The lowest BCUT2D eigenvalue weighted by atomic mass is 10.0.